The summed E-state index contributed by atoms with van der Waals surface area (Å²) in [6.07, 6.45) is 4.27. The zero-order valence-electron chi connectivity index (χ0n) is 11.1. The number of ether oxygens (including phenoxy) is 1. The molecule has 0 unspecified atom stereocenters. The molecule has 0 atom stereocenters. The van der Waals surface area contributed by atoms with Gasteiger partial charge in [-0.05, 0) is 18.6 Å². The summed E-state index contributed by atoms with van der Waals surface area (Å²) in [5.74, 6) is -0.183. The zero-order valence-corrected chi connectivity index (χ0v) is 11.9. The van der Waals surface area contributed by atoms with Gasteiger partial charge in [-0.25, -0.2) is 0 Å². The number of carbonyl (C=O) groups excluding carboxylic acids is 1. The Bertz CT molecular complexity index is 609. The standard InChI is InChI=1S/C14H17N3O2S/c1-2-3-8-19-9-7-17-14(18)13-11(15)12-10(20-13)5-4-6-16-12/h2,4-6H,1,3,7-9,15H2,(H,17,18). The predicted molar refractivity (Wildman–Crippen MR) is 82.0 cm³/mol. The highest BCUT2D eigenvalue weighted by molar-refractivity contribution is 7.21. The van der Waals surface area contributed by atoms with Crippen molar-refractivity contribution < 1.29 is 9.53 Å². The first-order chi connectivity index (χ1) is 9.74. The molecule has 0 saturated heterocycles. The Morgan fingerprint density at radius 1 is 1.55 bits per heavy atom. The molecule has 0 aromatic carbocycles. The maximum Gasteiger partial charge on any atom is 0.263 e. The number of anilines is 1. The Morgan fingerprint density at radius 3 is 3.15 bits per heavy atom. The van der Waals surface area contributed by atoms with Gasteiger partial charge in [0, 0.05) is 12.7 Å². The number of nitrogens with two attached hydrogens (primary N) is 1. The normalized spacial score (nSPS) is 10.6. The quantitative estimate of drug-likeness (QED) is 0.605. The number of aromatic nitrogens is 1. The van der Waals surface area contributed by atoms with Gasteiger partial charge in [0.15, 0.2) is 0 Å². The fraction of sp³-hybridized carbons (Fsp3) is 0.286. The van der Waals surface area contributed by atoms with Crippen molar-refractivity contribution in [3.05, 3.63) is 35.9 Å². The van der Waals surface area contributed by atoms with E-state index in [1.54, 1.807) is 12.3 Å². The van der Waals surface area contributed by atoms with Gasteiger partial charge in [-0.2, -0.15) is 0 Å². The van der Waals surface area contributed by atoms with Crippen molar-refractivity contribution in [1.29, 1.82) is 0 Å². The van der Waals surface area contributed by atoms with E-state index >= 15 is 0 Å². The van der Waals surface area contributed by atoms with Gasteiger partial charge in [0.05, 0.1) is 23.6 Å². The molecule has 2 aromatic rings. The molecule has 106 valence electrons. The van der Waals surface area contributed by atoms with Crippen LogP contribution < -0.4 is 11.1 Å². The third kappa shape index (κ3) is 3.34. The highest BCUT2D eigenvalue weighted by Gasteiger charge is 2.16. The van der Waals surface area contributed by atoms with Crippen molar-refractivity contribution in [2.75, 3.05) is 25.5 Å². The van der Waals surface area contributed by atoms with Crippen LogP contribution in [-0.4, -0.2) is 30.6 Å². The Balaban J connectivity index is 1.91. The molecule has 0 saturated carbocycles. The lowest BCUT2D eigenvalue weighted by atomic mass is 10.3. The first-order valence-corrected chi connectivity index (χ1v) is 7.15. The van der Waals surface area contributed by atoms with E-state index < -0.39 is 0 Å². The summed E-state index contributed by atoms with van der Waals surface area (Å²) in [5, 5.41) is 2.79. The van der Waals surface area contributed by atoms with E-state index in [0.29, 0.717) is 35.8 Å². The van der Waals surface area contributed by atoms with Gasteiger partial charge in [-0.3, -0.25) is 9.78 Å². The van der Waals surface area contributed by atoms with E-state index in [1.807, 2.05) is 12.1 Å². The SMILES string of the molecule is C=CCCOCCNC(=O)c1sc2cccnc2c1N. The van der Waals surface area contributed by atoms with E-state index in [2.05, 4.69) is 16.9 Å². The van der Waals surface area contributed by atoms with E-state index in [9.17, 15) is 4.79 Å². The maximum absolute atomic E-state index is 12.0. The topological polar surface area (TPSA) is 77.2 Å². The zero-order chi connectivity index (χ0) is 14.4. The Labute approximate surface area is 121 Å². The number of pyridine rings is 1. The number of amides is 1. The van der Waals surface area contributed by atoms with Gasteiger partial charge in [0.1, 0.15) is 10.4 Å². The van der Waals surface area contributed by atoms with Crippen LogP contribution in [0.2, 0.25) is 0 Å². The van der Waals surface area contributed by atoms with Crippen LogP contribution in [0.25, 0.3) is 10.2 Å². The van der Waals surface area contributed by atoms with Crippen LogP contribution in [-0.2, 0) is 4.74 Å². The number of nitrogen functional groups attached to an aromatic ring is 1. The average molecular weight is 291 g/mol. The molecule has 20 heavy (non-hydrogen) atoms. The number of rotatable bonds is 7. The van der Waals surface area contributed by atoms with Gasteiger partial charge in [0.2, 0.25) is 0 Å². The van der Waals surface area contributed by atoms with E-state index in [0.717, 1.165) is 11.1 Å². The van der Waals surface area contributed by atoms with Crippen molar-refractivity contribution >= 4 is 33.1 Å². The Morgan fingerprint density at radius 2 is 2.40 bits per heavy atom. The molecule has 0 spiro atoms. The number of nitrogens with zero attached hydrogens (tertiary/aromatic N) is 1. The van der Waals surface area contributed by atoms with Gasteiger partial charge in [0.25, 0.3) is 5.91 Å². The minimum absolute atomic E-state index is 0.183. The molecule has 0 bridgehead atoms. The predicted octanol–water partition coefficient (Wildman–Crippen LogP) is 2.20. The molecule has 0 radical (unpaired) electrons. The molecule has 2 rings (SSSR count). The fourth-order valence-corrected chi connectivity index (χ4v) is 2.70. The molecule has 2 heterocycles. The number of nitrogens with one attached hydrogen (secondary N) is 1. The van der Waals surface area contributed by atoms with E-state index in [4.69, 9.17) is 10.5 Å². The van der Waals surface area contributed by atoms with Gasteiger partial charge in [-0.15, -0.1) is 17.9 Å². The molecule has 0 aliphatic heterocycles. The minimum atomic E-state index is -0.183. The molecular formula is C14H17N3O2S. The number of hydrogen-bond donors (Lipinski definition) is 2. The van der Waals surface area contributed by atoms with Crippen molar-refractivity contribution in [2.24, 2.45) is 0 Å². The molecule has 3 N–H and O–H groups in total. The van der Waals surface area contributed by atoms with Crippen LogP contribution in [0.1, 0.15) is 16.1 Å². The van der Waals surface area contributed by atoms with E-state index in [1.165, 1.54) is 11.3 Å². The minimum Gasteiger partial charge on any atom is -0.396 e. The van der Waals surface area contributed by atoms with Gasteiger partial charge < -0.3 is 15.8 Å². The highest BCUT2D eigenvalue weighted by atomic mass is 32.1. The molecule has 0 aliphatic carbocycles. The van der Waals surface area contributed by atoms with Crippen molar-refractivity contribution in [3.63, 3.8) is 0 Å². The lowest BCUT2D eigenvalue weighted by Crippen LogP contribution is -2.27. The summed E-state index contributed by atoms with van der Waals surface area (Å²) in [5.41, 5.74) is 7.08. The summed E-state index contributed by atoms with van der Waals surface area (Å²) in [7, 11) is 0. The van der Waals surface area contributed by atoms with Crippen LogP contribution in [0.4, 0.5) is 5.69 Å². The summed E-state index contributed by atoms with van der Waals surface area (Å²) >= 11 is 1.35. The molecular weight excluding hydrogens is 274 g/mol. The second-order valence-electron chi connectivity index (χ2n) is 4.14. The highest BCUT2D eigenvalue weighted by Crippen LogP contribution is 2.31. The number of thiophene rings is 1. The molecule has 5 nitrogen and oxygen atoms in total. The first-order valence-electron chi connectivity index (χ1n) is 6.34. The number of carbonyl (C=O) groups is 1. The molecule has 0 fully saturated rings. The maximum atomic E-state index is 12.0. The second-order valence-corrected chi connectivity index (χ2v) is 5.19. The fourth-order valence-electron chi connectivity index (χ4n) is 1.70. The summed E-state index contributed by atoms with van der Waals surface area (Å²) in [6, 6.07) is 3.73. The van der Waals surface area contributed by atoms with Crippen LogP contribution in [0.15, 0.2) is 31.0 Å². The second kappa shape index (κ2) is 7.02. The molecule has 1 amide bonds. The van der Waals surface area contributed by atoms with Gasteiger partial charge >= 0.3 is 0 Å². The van der Waals surface area contributed by atoms with Crippen LogP contribution in [0.5, 0.6) is 0 Å². The summed E-state index contributed by atoms with van der Waals surface area (Å²) < 4.78 is 6.24. The average Bonchev–Trinajstić information content (AvgIpc) is 2.80. The molecule has 6 heteroatoms. The summed E-state index contributed by atoms with van der Waals surface area (Å²) in [4.78, 5) is 16.7. The molecule has 2 aromatic heterocycles. The van der Waals surface area contributed by atoms with Crippen molar-refractivity contribution in [1.82, 2.24) is 10.3 Å². The lowest BCUT2D eigenvalue weighted by Gasteiger charge is -2.05. The summed E-state index contributed by atoms with van der Waals surface area (Å²) in [6.45, 7) is 5.16. The lowest BCUT2D eigenvalue weighted by molar-refractivity contribution is 0.0922. The smallest absolute Gasteiger partial charge is 0.263 e. The van der Waals surface area contributed by atoms with E-state index in [-0.39, 0.29) is 5.91 Å². The van der Waals surface area contributed by atoms with Crippen LogP contribution >= 0.6 is 11.3 Å². The Kier molecular flexibility index (Phi) is 5.09. The van der Waals surface area contributed by atoms with Crippen molar-refractivity contribution in [2.45, 2.75) is 6.42 Å². The first kappa shape index (κ1) is 14.5. The number of fused-ring (bicyclic) bond motifs is 1. The van der Waals surface area contributed by atoms with Crippen molar-refractivity contribution in [3.8, 4) is 0 Å². The third-order valence-corrected chi connectivity index (χ3v) is 3.85. The number of hydrogen-bond acceptors (Lipinski definition) is 5. The largest absolute Gasteiger partial charge is 0.396 e. The Hall–Kier alpha value is -1.92. The van der Waals surface area contributed by atoms with Crippen LogP contribution in [0.3, 0.4) is 0 Å². The van der Waals surface area contributed by atoms with Crippen LogP contribution in [0, 0.1) is 0 Å². The molecule has 0 aliphatic rings. The monoisotopic (exact) mass is 291 g/mol. The van der Waals surface area contributed by atoms with Gasteiger partial charge in [-0.1, -0.05) is 6.08 Å². The third-order valence-electron chi connectivity index (χ3n) is 2.69.